The maximum Gasteiger partial charge on any atom is 0.317 e. The molecule has 0 saturated heterocycles. The zero-order valence-electron chi connectivity index (χ0n) is 16.8. The zero-order valence-corrected chi connectivity index (χ0v) is 16.8. The lowest BCUT2D eigenvalue weighted by molar-refractivity contribution is 0.0950. The average Bonchev–Trinajstić information content (AvgIpc) is 3.45. The summed E-state index contributed by atoms with van der Waals surface area (Å²) in [6.45, 7) is 2.04. The summed E-state index contributed by atoms with van der Waals surface area (Å²) in [5.74, 6) is -0.110. The molecule has 0 radical (unpaired) electrons. The van der Waals surface area contributed by atoms with E-state index in [-0.39, 0.29) is 30.1 Å². The van der Waals surface area contributed by atoms with Gasteiger partial charge in [0.05, 0.1) is 11.3 Å². The molecule has 1 aromatic carbocycles. The summed E-state index contributed by atoms with van der Waals surface area (Å²) in [5.41, 5.74) is 7.98. The summed E-state index contributed by atoms with van der Waals surface area (Å²) in [7, 11) is 1.86. The monoisotopic (exact) mass is 406 g/mol. The van der Waals surface area contributed by atoms with E-state index >= 15 is 0 Å². The molecule has 1 aliphatic carbocycles. The van der Waals surface area contributed by atoms with Crippen molar-refractivity contribution >= 4 is 11.8 Å². The first kappa shape index (κ1) is 19.6. The first-order valence-corrected chi connectivity index (χ1v) is 9.60. The van der Waals surface area contributed by atoms with E-state index in [2.05, 4.69) is 20.3 Å². The molecule has 1 aliphatic rings. The fourth-order valence-electron chi connectivity index (χ4n) is 3.00. The maximum absolute atomic E-state index is 12.5. The molecule has 4 rings (SSSR count). The van der Waals surface area contributed by atoms with E-state index in [0.29, 0.717) is 22.6 Å². The van der Waals surface area contributed by atoms with E-state index in [1.165, 1.54) is 6.20 Å². The average molecular weight is 406 g/mol. The third kappa shape index (κ3) is 4.14. The minimum absolute atomic E-state index is 0.0882. The second kappa shape index (κ2) is 7.94. The Labute approximate surface area is 173 Å². The Kier molecular flexibility index (Phi) is 5.18. The molecule has 2 amide bonds. The number of rotatable bonds is 7. The van der Waals surface area contributed by atoms with E-state index in [1.807, 2.05) is 30.8 Å². The number of ether oxygens (including phenoxy) is 1. The molecule has 30 heavy (non-hydrogen) atoms. The predicted molar refractivity (Wildman–Crippen MR) is 109 cm³/mol. The number of primary amides is 1. The third-order valence-corrected chi connectivity index (χ3v) is 4.95. The first-order valence-electron chi connectivity index (χ1n) is 9.60. The van der Waals surface area contributed by atoms with Crippen LogP contribution in [-0.2, 0) is 13.7 Å². The number of aromatic nitrogens is 4. The molecule has 0 unspecified atom stereocenters. The number of carbonyl (C=O) groups is 2. The van der Waals surface area contributed by atoms with Crippen LogP contribution in [0.2, 0.25) is 0 Å². The molecule has 3 aromatic rings. The fourth-order valence-corrected chi connectivity index (χ4v) is 3.00. The molecule has 9 nitrogen and oxygen atoms in total. The van der Waals surface area contributed by atoms with Gasteiger partial charge in [-0.15, -0.1) is 0 Å². The Morgan fingerprint density at radius 3 is 2.77 bits per heavy atom. The second-order valence-corrected chi connectivity index (χ2v) is 7.30. The van der Waals surface area contributed by atoms with Gasteiger partial charge in [0.2, 0.25) is 0 Å². The minimum atomic E-state index is -0.659. The number of aryl methyl sites for hydroxylation is 2. The molecule has 2 heterocycles. The summed E-state index contributed by atoms with van der Waals surface area (Å²) in [6, 6.07) is 5.61. The number of carbonyl (C=O) groups excluding carboxylic acids is 2. The van der Waals surface area contributed by atoms with Crippen molar-refractivity contribution < 1.29 is 14.3 Å². The van der Waals surface area contributed by atoms with E-state index in [9.17, 15) is 9.59 Å². The van der Waals surface area contributed by atoms with E-state index in [1.54, 1.807) is 18.3 Å². The number of imidazole rings is 1. The van der Waals surface area contributed by atoms with Crippen LogP contribution >= 0.6 is 0 Å². The largest absolute Gasteiger partial charge is 0.455 e. The van der Waals surface area contributed by atoms with Crippen LogP contribution < -0.4 is 15.8 Å². The van der Waals surface area contributed by atoms with Gasteiger partial charge in [-0.25, -0.2) is 9.97 Å². The van der Waals surface area contributed by atoms with Crippen LogP contribution in [0.15, 0.2) is 36.8 Å². The van der Waals surface area contributed by atoms with Crippen molar-refractivity contribution in [2.24, 2.45) is 12.8 Å². The Balaban J connectivity index is 1.68. The molecule has 154 valence electrons. The summed E-state index contributed by atoms with van der Waals surface area (Å²) in [4.78, 5) is 37.2. The summed E-state index contributed by atoms with van der Waals surface area (Å²) < 4.78 is 7.49. The van der Waals surface area contributed by atoms with Gasteiger partial charge in [-0.3, -0.25) is 9.59 Å². The molecule has 0 aliphatic heterocycles. The zero-order chi connectivity index (χ0) is 21.3. The number of benzene rings is 1. The second-order valence-electron chi connectivity index (χ2n) is 7.30. The van der Waals surface area contributed by atoms with Crippen LogP contribution in [0.1, 0.15) is 44.9 Å². The van der Waals surface area contributed by atoms with Gasteiger partial charge in [-0.2, -0.15) is 4.98 Å². The highest BCUT2D eigenvalue weighted by Gasteiger charge is 2.24. The normalized spacial score (nSPS) is 13.1. The Morgan fingerprint density at radius 2 is 2.10 bits per heavy atom. The highest BCUT2D eigenvalue weighted by Crippen LogP contribution is 2.28. The number of amides is 2. The van der Waals surface area contributed by atoms with E-state index < -0.39 is 5.91 Å². The van der Waals surface area contributed by atoms with Crippen molar-refractivity contribution in [1.82, 2.24) is 24.8 Å². The number of nitrogens with one attached hydrogen (secondary N) is 1. The quantitative estimate of drug-likeness (QED) is 0.616. The van der Waals surface area contributed by atoms with Gasteiger partial charge in [0.15, 0.2) is 0 Å². The SMILES string of the molecule is Cc1ccc(C(=O)NC2CC2)cc1-c1nc(OCc2nccn2C)ncc1C(N)=O. The topological polar surface area (TPSA) is 125 Å². The lowest BCUT2D eigenvalue weighted by Crippen LogP contribution is -2.25. The summed E-state index contributed by atoms with van der Waals surface area (Å²) >= 11 is 0. The van der Waals surface area contributed by atoms with E-state index in [0.717, 1.165) is 18.4 Å². The summed E-state index contributed by atoms with van der Waals surface area (Å²) in [6.07, 6.45) is 6.82. The number of nitrogens with zero attached hydrogens (tertiary/aromatic N) is 4. The lowest BCUT2D eigenvalue weighted by Gasteiger charge is -2.13. The molecule has 0 atom stereocenters. The van der Waals surface area contributed by atoms with Gasteiger partial charge in [0, 0.05) is 42.8 Å². The van der Waals surface area contributed by atoms with Crippen molar-refractivity contribution in [2.45, 2.75) is 32.4 Å². The van der Waals surface area contributed by atoms with Crippen molar-refractivity contribution in [2.75, 3.05) is 0 Å². The number of hydrogen-bond donors (Lipinski definition) is 2. The highest BCUT2D eigenvalue weighted by molar-refractivity contribution is 6.00. The molecule has 0 bridgehead atoms. The maximum atomic E-state index is 12.5. The molecular formula is C21H22N6O3. The highest BCUT2D eigenvalue weighted by atomic mass is 16.5. The van der Waals surface area contributed by atoms with Crippen LogP contribution in [-0.4, -0.2) is 37.4 Å². The molecule has 2 aromatic heterocycles. The van der Waals surface area contributed by atoms with Gasteiger partial charge in [-0.1, -0.05) is 6.07 Å². The standard InChI is InChI=1S/C21H22N6O3/c1-12-3-4-13(20(29)25-14-5-6-14)9-15(12)18-16(19(22)28)10-24-21(26-18)30-11-17-23-7-8-27(17)2/h3-4,7-10,14H,5-6,11H2,1-2H3,(H2,22,28)(H,25,29). The molecule has 0 spiro atoms. The lowest BCUT2D eigenvalue weighted by atomic mass is 9.98. The molecule has 3 N–H and O–H groups in total. The summed E-state index contributed by atoms with van der Waals surface area (Å²) in [5, 5.41) is 2.96. The fraction of sp³-hybridized carbons (Fsp3) is 0.286. The van der Waals surface area contributed by atoms with Crippen LogP contribution in [0.25, 0.3) is 11.3 Å². The van der Waals surface area contributed by atoms with Gasteiger partial charge < -0.3 is 20.4 Å². The number of nitrogens with two attached hydrogens (primary N) is 1. The first-order chi connectivity index (χ1) is 14.4. The smallest absolute Gasteiger partial charge is 0.317 e. The molecule has 1 fully saturated rings. The van der Waals surface area contributed by atoms with Crippen LogP contribution in [0.3, 0.4) is 0 Å². The van der Waals surface area contributed by atoms with Crippen LogP contribution in [0, 0.1) is 6.92 Å². The van der Waals surface area contributed by atoms with Crippen molar-refractivity contribution in [1.29, 1.82) is 0 Å². The molecule has 9 heteroatoms. The van der Waals surface area contributed by atoms with Crippen LogP contribution in [0.5, 0.6) is 6.01 Å². The van der Waals surface area contributed by atoms with Crippen molar-refractivity contribution in [3.8, 4) is 17.3 Å². The Morgan fingerprint density at radius 1 is 1.30 bits per heavy atom. The molecule has 1 saturated carbocycles. The van der Waals surface area contributed by atoms with Crippen molar-refractivity contribution in [3.05, 3.63) is 59.3 Å². The van der Waals surface area contributed by atoms with Crippen LogP contribution in [0.4, 0.5) is 0 Å². The minimum Gasteiger partial charge on any atom is -0.455 e. The van der Waals surface area contributed by atoms with Gasteiger partial charge in [0.1, 0.15) is 12.4 Å². The third-order valence-electron chi connectivity index (χ3n) is 4.95. The molecular weight excluding hydrogens is 384 g/mol. The van der Waals surface area contributed by atoms with Gasteiger partial charge in [-0.05, 0) is 37.5 Å². The Hall–Kier alpha value is -3.75. The predicted octanol–water partition coefficient (Wildman–Crippen LogP) is 1.76. The number of hydrogen-bond acceptors (Lipinski definition) is 6. The van der Waals surface area contributed by atoms with Gasteiger partial charge >= 0.3 is 6.01 Å². The van der Waals surface area contributed by atoms with Crippen molar-refractivity contribution in [3.63, 3.8) is 0 Å². The van der Waals surface area contributed by atoms with E-state index in [4.69, 9.17) is 10.5 Å². The van der Waals surface area contributed by atoms with Gasteiger partial charge in [0.25, 0.3) is 11.8 Å². The Bertz CT molecular complexity index is 1120.